The summed E-state index contributed by atoms with van der Waals surface area (Å²) in [4.78, 5) is 26.6. The van der Waals surface area contributed by atoms with Crippen LogP contribution in [0.2, 0.25) is 0 Å². The number of benzene rings is 1. The van der Waals surface area contributed by atoms with E-state index in [0.717, 1.165) is 44.9 Å². The number of piperidine rings is 1. The summed E-state index contributed by atoms with van der Waals surface area (Å²) in [7, 11) is 0. The van der Waals surface area contributed by atoms with Gasteiger partial charge in [0.25, 0.3) is 0 Å². The number of aromatic amines is 1. The Morgan fingerprint density at radius 3 is 2.52 bits per heavy atom. The van der Waals surface area contributed by atoms with E-state index in [4.69, 9.17) is 0 Å². The van der Waals surface area contributed by atoms with Crippen molar-refractivity contribution in [3.63, 3.8) is 0 Å². The Bertz CT molecular complexity index is 951. The molecule has 2 fully saturated rings. The van der Waals surface area contributed by atoms with Gasteiger partial charge >= 0.3 is 12.0 Å². The SMILES string of the molecule is CC1CCN(C(=O)Nc2cc(-c3nn[nH]n3)c(C(=O)O)c(F)c2C2CCCCC2)CC1. The van der Waals surface area contributed by atoms with Gasteiger partial charge in [0.15, 0.2) is 0 Å². The number of H-pyrrole nitrogens is 1. The fourth-order valence-corrected chi connectivity index (χ4v) is 4.63. The number of carbonyl (C=O) groups is 2. The topological polar surface area (TPSA) is 124 Å². The summed E-state index contributed by atoms with van der Waals surface area (Å²) in [5, 5.41) is 26.0. The normalized spacial score (nSPS) is 18.2. The lowest BCUT2D eigenvalue weighted by molar-refractivity contribution is 0.0692. The number of halogens is 1. The van der Waals surface area contributed by atoms with Crippen LogP contribution in [0.1, 0.15) is 73.7 Å². The molecule has 1 aliphatic carbocycles. The number of hydrogen-bond acceptors (Lipinski definition) is 5. The van der Waals surface area contributed by atoms with Crippen LogP contribution < -0.4 is 5.32 Å². The standard InChI is InChI=1S/C21H27FN6O3/c1-12-7-9-28(10-8-12)21(31)23-15-11-14(19-24-26-27-25-19)17(20(29)30)18(22)16(15)13-5-3-2-4-6-13/h11-13H,2-10H2,1H3,(H,23,31)(H,29,30)(H,24,25,26,27). The van der Waals surface area contributed by atoms with Crippen LogP contribution in [0, 0.1) is 11.7 Å². The minimum absolute atomic E-state index is 0.0131. The molecule has 0 atom stereocenters. The third-order valence-electron chi connectivity index (χ3n) is 6.43. The molecular formula is C21H27FN6O3. The maximum Gasteiger partial charge on any atom is 0.339 e. The van der Waals surface area contributed by atoms with Crippen molar-refractivity contribution in [2.45, 2.75) is 57.8 Å². The zero-order valence-corrected chi connectivity index (χ0v) is 17.5. The highest BCUT2D eigenvalue weighted by Gasteiger charge is 2.31. The molecule has 1 aliphatic heterocycles. The average molecular weight is 430 g/mol. The Labute approximate surface area is 179 Å². The van der Waals surface area contributed by atoms with Crippen molar-refractivity contribution >= 4 is 17.7 Å². The van der Waals surface area contributed by atoms with Crippen molar-refractivity contribution in [3.05, 3.63) is 23.0 Å². The van der Waals surface area contributed by atoms with E-state index in [1.165, 1.54) is 6.07 Å². The van der Waals surface area contributed by atoms with Crippen LogP contribution in [0.15, 0.2) is 6.07 Å². The van der Waals surface area contributed by atoms with E-state index in [9.17, 15) is 14.7 Å². The first-order valence-electron chi connectivity index (χ1n) is 10.8. The van der Waals surface area contributed by atoms with Gasteiger partial charge in [0.2, 0.25) is 5.82 Å². The predicted octanol–water partition coefficient (Wildman–Crippen LogP) is 4.02. The Morgan fingerprint density at radius 2 is 1.90 bits per heavy atom. The smallest absolute Gasteiger partial charge is 0.339 e. The Kier molecular flexibility index (Phi) is 6.15. The minimum Gasteiger partial charge on any atom is -0.478 e. The lowest BCUT2D eigenvalue weighted by Gasteiger charge is -2.31. The molecule has 2 aliphatic rings. The number of likely N-dealkylation sites (tertiary alicyclic amines) is 1. The van der Waals surface area contributed by atoms with Gasteiger partial charge in [0, 0.05) is 29.9 Å². The number of hydrogen-bond donors (Lipinski definition) is 3. The van der Waals surface area contributed by atoms with E-state index in [2.05, 4.69) is 32.9 Å². The average Bonchev–Trinajstić information content (AvgIpc) is 3.29. The summed E-state index contributed by atoms with van der Waals surface area (Å²) in [6, 6.07) is 1.18. The van der Waals surface area contributed by atoms with Crippen LogP contribution in [-0.4, -0.2) is 55.7 Å². The first-order valence-corrected chi connectivity index (χ1v) is 10.8. The number of nitrogens with one attached hydrogen (secondary N) is 2. The zero-order chi connectivity index (χ0) is 22.0. The van der Waals surface area contributed by atoms with Crippen molar-refractivity contribution in [2.75, 3.05) is 18.4 Å². The van der Waals surface area contributed by atoms with E-state index in [1.54, 1.807) is 4.90 Å². The number of urea groups is 1. The number of tetrazole rings is 1. The van der Waals surface area contributed by atoms with Crippen molar-refractivity contribution < 1.29 is 19.1 Å². The summed E-state index contributed by atoms with van der Waals surface area (Å²) in [6.45, 7) is 3.44. The van der Waals surface area contributed by atoms with Gasteiger partial charge in [-0.2, -0.15) is 5.21 Å². The fraction of sp³-hybridized carbons (Fsp3) is 0.571. The van der Waals surface area contributed by atoms with Gasteiger partial charge in [-0.15, -0.1) is 10.2 Å². The molecule has 0 radical (unpaired) electrons. The summed E-state index contributed by atoms with van der Waals surface area (Å²) >= 11 is 0. The van der Waals surface area contributed by atoms with Gasteiger partial charge in [-0.25, -0.2) is 14.0 Å². The Balaban J connectivity index is 1.77. The Hall–Kier alpha value is -3.04. The molecule has 1 aromatic heterocycles. The van der Waals surface area contributed by atoms with Gasteiger partial charge in [-0.3, -0.25) is 0 Å². The number of carboxylic acid groups (broad SMARTS) is 1. The van der Waals surface area contributed by atoms with Gasteiger partial charge in [-0.05, 0) is 48.8 Å². The monoisotopic (exact) mass is 430 g/mol. The van der Waals surface area contributed by atoms with E-state index in [-0.39, 0.29) is 34.6 Å². The molecule has 3 N–H and O–H groups in total. The number of aromatic nitrogens is 4. The fourth-order valence-electron chi connectivity index (χ4n) is 4.63. The van der Waals surface area contributed by atoms with Gasteiger partial charge < -0.3 is 15.3 Å². The Morgan fingerprint density at radius 1 is 1.19 bits per heavy atom. The number of anilines is 1. The van der Waals surface area contributed by atoms with E-state index in [1.807, 2.05) is 0 Å². The molecule has 2 heterocycles. The molecule has 166 valence electrons. The predicted molar refractivity (Wildman–Crippen MR) is 111 cm³/mol. The summed E-state index contributed by atoms with van der Waals surface area (Å²) < 4.78 is 15.7. The highest BCUT2D eigenvalue weighted by molar-refractivity contribution is 5.99. The van der Waals surface area contributed by atoms with Crippen LogP contribution in [0.25, 0.3) is 11.4 Å². The van der Waals surface area contributed by atoms with Crippen LogP contribution in [0.5, 0.6) is 0 Å². The quantitative estimate of drug-likeness (QED) is 0.673. The van der Waals surface area contributed by atoms with Crippen molar-refractivity contribution in [3.8, 4) is 11.4 Å². The van der Waals surface area contributed by atoms with Gasteiger partial charge in [0.05, 0.1) is 0 Å². The molecule has 2 aromatic rings. The molecular weight excluding hydrogens is 403 g/mol. The molecule has 9 nitrogen and oxygen atoms in total. The third kappa shape index (κ3) is 4.38. The molecule has 0 spiro atoms. The van der Waals surface area contributed by atoms with Crippen LogP contribution in [0.4, 0.5) is 14.9 Å². The van der Waals surface area contributed by atoms with E-state index >= 15 is 4.39 Å². The molecule has 1 saturated carbocycles. The summed E-state index contributed by atoms with van der Waals surface area (Å²) in [5.41, 5.74) is 0.0496. The van der Waals surface area contributed by atoms with Gasteiger partial charge in [0.1, 0.15) is 11.4 Å². The highest BCUT2D eigenvalue weighted by atomic mass is 19.1. The van der Waals surface area contributed by atoms with Crippen molar-refractivity contribution in [2.24, 2.45) is 5.92 Å². The molecule has 31 heavy (non-hydrogen) atoms. The number of aromatic carboxylic acids is 1. The highest BCUT2D eigenvalue weighted by Crippen LogP contribution is 2.41. The molecule has 2 amide bonds. The first kappa shape index (κ1) is 21.2. The molecule has 10 heteroatoms. The van der Waals surface area contributed by atoms with Crippen molar-refractivity contribution in [1.82, 2.24) is 25.5 Å². The van der Waals surface area contributed by atoms with E-state index in [0.29, 0.717) is 19.0 Å². The van der Waals surface area contributed by atoms with Crippen LogP contribution in [-0.2, 0) is 0 Å². The second-order valence-corrected chi connectivity index (χ2v) is 8.55. The lowest BCUT2D eigenvalue weighted by atomic mass is 9.81. The van der Waals surface area contributed by atoms with Crippen molar-refractivity contribution in [1.29, 1.82) is 0 Å². The lowest BCUT2D eigenvalue weighted by Crippen LogP contribution is -2.40. The number of carboxylic acids is 1. The number of carbonyl (C=O) groups excluding carboxylic acids is 1. The number of nitrogens with zero attached hydrogens (tertiary/aromatic N) is 4. The molecule has 0 bridgehead atoms. The molecule has 0 unspecified atom stereocenters. The maximum atomic E-state index is 15.7. The first-order chi connectivity index (χ1) is 15.0. The second-order valence-electron chi connectivity index (χ2n) is 8.55. The van der Waals surface area contributed by atoms with Crippen LogP contribution >= 0.6 is 0 Å². The second kappa shape index (κ2) is 8.99. The molecule has 1 aromatic carbocycles. The maximum absolute atomic E-state index is 15.7. The largest absolute Gasteiger partial charge is 0.478 e. The van der Waals surface area contributed by atoms with Crippen LogP contribution in [0.3, 0.4) is 0 Å². The molecule has 4 rings (SSSR count). The summed E-state index contributed by atoms with van der Waals surface area (Å²) in [6.07, 6.45) is 6.29. The number of amides is 2. The molecule has 1 saturated heterocycles. The number of rotatable bonds is 4. The van der Waals surface area contributed by atoms with Gasteiger partial charge in [-0.1, -0.05) is 26.2 Å². The third-order valence-corrected chi connectivity index (χ3v) is 6.43. The summed E-state index contributed by atoms with van der Waals surface area (Å²) in [5.74, 6) is -1.85. The minimum atomic E-state index is -1.41. The zero-order valence-electron chi connectivity index (χ0n) is 17.5. The van der Waals surface area contributed by atoms with E-state index < -0.39 is 17.3 Å².